The third-order valence-corrected chi connectivity index (χ3v) is 16.4. The van der Waals surface area contributed by atoms with Crippen molar-refractivity contribution in [3.63, 3.8) is 0 Å². The van der Waals surface area contributed by atoms with Gasteiger partial charge in [-0.1, -0.05) is 129 Å². The fraction of sp³-hybridized carbons (Fsp3) is 0.242. The maximum absolute atomic E-state index is 13.3. The van der Waals surface area contributed by atoms with Gasteiger partial charge in [-0.05, 0) is 77.1 Å². The summed E-state index contributed by atoms with van der Waals surface area (Å²) in [6, 6.07) is 49.2. The molecule has 0 unspecified atom stereocenters. The van der Waals surface area contributed by atoms with Crippen molar-refractivity contribution in [2.45, 2.75) is 33.3 Å². The molecule has 426 valence electrons. The molecule has 0 radical (unpaired) electrons. The van der Waals surface area contributed by atoms with Crippen molar-refractivity contribution < 1.29 is 28.7 Å². The van der Waals surface area contributed by atoms with Crippen molar-refractivity contribution in [1.82, 2.24) is 35.1 Å². The number of piperazine rings is 2. The summed E-state index contributed by atoms with van der Waals surface area (Å²) in [6.45, 7) is 8.55. The molecule has 4 aromatic heterocycles. The highest BCUT2D eigenvalue weighted by Gasteiger charge is 2.28. The van der Waals surface area contributed by atoms with E-state index in [0.29, 0.717) is 69.3 Å². The number of benzene rings is 5. The minimum absolute atomic E-state index is 0. The number of aryl methyl sites for hydroxylation is 2. The average Bonchev–Trinajstić information content (AvgIpc) is 4.11. The number of nitrogens with two attached hydrogens (primary N) is 1. The third-order valence-electron chi connectivity index (χ3n) is 14.0. The number of ether oxygens (including phenoxy) is 1. The third kappa shape index (κ3) is 14.6. The molecule has 5 amide bonds. The van der Waals surface area contributed by atoms with Crippen molar-refractivity contribution in [2.24, 2.45) is 5.73 Å². The highest BCUT2D eigenvalue weighted by molar-refractivity contribution is 7.19. The van der Waals surface area contributed by atoms with E-state index in [4.69, 9.17) is 15.5 Å². The number of alkyl carbamates (subject to hydrolysis) is 1. The number of nitrogens with one attached hydrogen (secondary N) is 3. The average molecular weight is 1170 g/mol. The number of carbonyl (C=O) groups excluding carboxylic acids is 5. The van der Waals surface area contributed by atoms with Gasteiger partial charge in [0.05, 0.1) is 17.3 Å². The summed E-state index contributed by atoms with van der Waals surface area (Å²) >= 11 is 3.16. The van der Waals surface area contributed by atoms with Gasteiger partial charge in [-0.25, -0.2) is 14.8 Å². The van der Waals surface area contributed by atoms with Crippen LogP contribution in [0.5, 0.6) is 0 Å². The summed E-state index contributed by atoms with van der Waals surface area (Å²) in [5.41, 5.74) is 12.0. The lowest BCUT2D eigenvalue weighted by Gasteiger charge is -2.35. The van der Waals surface area contributed by atoms with E-state index in [-0.39, 0.29) is 61.7 Å². The van der Waals surface area contributed by atoms with Crippen molar-refractivity contribution >= 4 is 109 Å². The first-order chi connectivity index (χ1) is 40.0. The fourth-order valence-electron chi connectivity index (χ4n) is 9.61. The summed E-state index contributed by atoms with van der Waals surface area (Å²) in [5, 5.41) is 9.76. The fourth-order valence-corrected chi connectivity index (χ4v) is 11.5. The number of rotatable bonds is 15. The second kappa shape index (κ2) is 27.8. The zero-order valence-electron chi connectivity index (χ0n) is 46.0. The molecule has 5 aromatic carbocycles. The van der Waals surface area contributed by atoms with Crippen molar-refractivity contribution in [3.8, 4) is 22.3 Å². The molecule has 18 nitrogen and oxygen atoms in total. The monoisotopic (exact) mass is 1170 g/mol. The molecule has 6 heterocycles. The Morgan fingerprint density at radius 3 is 1.33 bits per heavy atom. The normalized spacial score (nSPS) is 13.1. The summed E-state index contributed by atoms with van der Waals surface area (Å²) < 4.78 is 5.18. The van der Waals surface area contributed by atoms with E-state index in [1.54, 1.807) is 22.7 Å². The first-order valence-corrected chi connectivity index (χ1v) is 28.9. The lowest BCUT2D eigenvalue weighted by molar-refractivity contribution is -0.116. The van der Waals surface area contributed by atoms with E-state index in [1.807, 2.05) is 125 Å². The molecule has 0 spiro atoms. The van der Waals surface area contributed by atoms with Gasteiger partial charge in [-0.2, -0.15) is 9.97 Å². The molecule has 0 aliphatic carbocycles. The highest BCUT2D eigenvalue weighted by Crippen LogP contribution is 2.35. The Balaban J connectivity index is 0.000000203. The van der Waals surface area contributed by atoms with E-state index >= 15 is 0 Å². The van der Waals surface area contributed by atoms with Crippen LogP contribution in [0.4, 0.5) is 28.3 Å². The molecule has 2 aliphatic heterocycles. The van der Waals surface area contributed by atoms with Gasteiger partial charge in [-0.15, -0.1) is 35.1 Å². The molecule has 2 saturated heterocycles. The van der Waals surface area contributed by atoms with Gasteiger partial charge in [-0.3, -0.25) is 29.8 Å². The van der Waals surface area contributed by atoms with Crippen LogP contribution in [-0.2, 0) is 33.8 Å². The van der Waals surface area contributed by atoms with Crippen molar-refractivity contribution in [1.29, 1.82) is 0 Å². The van der Waals surface area contributed by atoms with E-state index in [0.717, 1.165) is 71.8 Å². The first-order valence-electron chi connectivity index (χ1n) is 27.3. The van der Waals surface area contributed by atoms with Crippen LogP contribution in [0.3, 0.4) is 0 Å². The lowest BCUT2D eigenvalue weighted by atomic mass is 10.0. The van der Waals surface area contributed by atoms with E-state index in [1.165, 1.54) is 4.88 Å². The molecular formula is C62H63ClN12O6S2. The molecule has 0 atom stereocenters. The minimum Gasteiger partial charge on any atom is -0.445 e. The quantitative estimate of drug-likeness (QED) is 0.0752. The number of nitrogens with zero attached hydrogens (tertiary/aromatic N) is 8. The number of aromatic nitrogens is 4. The first kappa shape index (κ1) is 58.8. The molecular weight excluding hydrogens is 1110 g/mol. The van der Waals surface area contributed by atoms with Gasteiger partial charge in [0.25, 0.3) is 11.8 Å². The maximum Gasteiger partial charge on any atom is 0.407 e. The molecule has 5 N–H and O–H groups in total. The van der Waals surface area contributed by atoms with Crippen molar-refractivity contribution in [2.75, 3.05) is 85.9 Å². The second-order valence-electron chi connectivity index (χ2n) is 19.5. The van der Waals surface area contributed by atoms with Crippen LogP contribution in [0.1, 0.15) is 49.9 Å². The number of fused-ring (bicyclic) bond motifs is 2. The lowest BCUT2D eigenvalue weighted by Crippen LogP contribution is -2.49. The van der Waals surface area contributed by atoms with Crippen molar-refractivity contribution in [3.05, 3.63) is 178 Å². The Labute approximate surface area is 495 Å². The predicted octanol–water partition coefficient (Wildman–Crippen LogP) is 9.95. The largest absolute Gasteiger partial charge is 0.445 e. The van der Waals surface area contributed by atoms with Crippen LogP contribution >= 0.6 is 35.1 Å². The molecule has 83 heavy (non-hydrogen) atoms. The van der Waals surface area contributed by atoms with E-state index in [2.05, 4.69) is 90.9 Å². The predicted molar refractivity (Wildman–Crippen MR) is 332 cm³/mol. The number of hydrogen-bond acceptors (Lipinski definition) is 15. The summed E-state index contributed by atoms with van der Waals surface area (Å²) in [4.78, 5) is 93.7. The number of hydrogen-bond donors (Lipinski definition) is 4. The minimum atomic E-state index is -0.693. The molecule has 11 rings (SSSR count). The maximum atomic E-state index is 13.3. The Morgan fingerprint density at radius 1 is 0.518 bits per heavy atom. The Morgan fingerprint density at radius 2 is 0.916 bits per heavy atom. The van der Waals surface area contributed by atoms with E-state index in [9.17, 15) is 24.0 Å². The summed E-state index contributed by atoms with van der Waals surface area (Å²) in [7, 11) is 0. The van der Waals surface area contributed by atoms with Crippen LogP contribution in [-0.4, -0.2) is 125 Å². The van der Waals surface area contributed by atoms with Crippen LogP contribution in [0.2, 0.25) is 0 Å². The van der Waals surface area contributed by atoms with Crippen LogP contribution in [0.15, 0.2) is 152 Å². The molecule has 21 heteroatoms. The van der Waals surface area contributed by atoms with Gasteiger partial charge in [0.15, 0.2) is 0 Å². The Hall–Kier alpha value is -8.82. The zero-order valence-corrected chi connectivity index (χ0v) is 48.4. The molecule has 9 aromatic rings. The Kier molecular flexibility index (Phi) is 19.7. The van der Waals surface area contributed by atoms with Gasteiger partial charge in [0, 0.05) is 73.2 Å². The smallest absolute Gasteiger partial charge is 0.407 e. The molecule has 2 aliphatic rings. The van der Waals surface area contributed by atoms with E-state index < -0.39 is 12.0 Å². The van der Waals surface area contributed by atoms with Gasteiger partial charge in [0.2, 0.25) is 23.7 Å². The van der Waals surface area contributed by atoms with Gasteiger partial charge < -0.3 is 35.4 Å². The van der Waals surface area contributed by atoms with Crippen LogP contribution in [0.25, 0.3) is 42.7 Å². The van der Waals surface area contributed by atoms with Crippen LogP contribution < -0.4 is 31.5 Å². The van der Waals surface area contributed by atoms with Gasteiger partial charge >= 0.3 is 6.09 Å². The van der Waals surface area contributed by atoms with Gasteiger partial charge in [0.1, 0.15) is 34.4 Å². The molecule has 0 bridgehead atoms. The standard InChI is InChI=1S/C35H34N6O4S.C27H28N6O2S.ClH/c1-2-28-21-29-31(38-34(39-32(29)46-28)37-30(42)22-36-35(44)45-23-24-9-5-3-6-10-24)40-17-19-41(20-18-40)33(43)27-15-13-26(14-16-27)25-11-7-4-8-12-25;1-2-21-16-22-24(30-27(29-23(34)17-28)31-25(22)36-21)32-12-14-33(15-13-32)26(35)20-10-8-19(9-11-20)18-6-4-3-5-7-18;/h3-16,21H,2,17-20,22-23H2,1H3,(H,36,44)(H,37,38,39,42);3-11,16H,2,12-15,17,28H2,1H3,(H,29,30,31,34);1H. The topological polar surface area (TPSA) is 221 Å². The number of carbonyl (C=O) groups is 5. The highest BCUT2D eigenvalue weighted by atomic mass is 35.5. The Bertz CT molecular complexity index is 3690. The summed E-state index contributed by atoms with van der Waals surface area (Å²) in [5.74, 6) is 1.14. The number of anilines is 4. The van der Waals surface area contributed by atoms with Crippen LogP contribution in [0, 0.1) is 0 Å². The second-order valence-corrected chi connectivity index (χ2v) is 21.7. The SMILES string of the molecule is CCc1cc2c(N3CCN(C(=O)c4ccc(-c5ccccc5)cc4)CC3)nc(NC(=O)CN)nc2s1.CCc1cc2c(N3CCN(C(=O)c4ccc(-c5ccccc5)cc4)CC3)nc(NC(=O)CNC(=O)OCc3ccccc3)nc2s1.Cl. The molecule has 0 saturated carbocycles. The summed E-state index contributed by atoms with van der Waals surface area (Å²) in [6.07, 6.45) is 1.06. The number of halogens is 1. The molecule has 2 fully saturated rings. The number of thiophene rings is 2. The number of amides is 5. The zero-order chi connectivity index (χ0) is 57.0.